The Morgan fingerprint density at radius 1 is 1.10 bits per heavy atom. The Labute approximate surface area is 129 Å². The van der Waals surface area contributed by atoms with Crippen LogP contribution < -0.4 is 4.90 Å². The summed E-state index contributed by atoms with van der Waals surface area (Å²) in [5.41, 5.74) is 0.571. The van der Waals surface area contributed by atoms with E-state index in [4.69, 9.17) is 11.6 Å². The third-order valence-electron chi connectivity index (χ3n) is 4.63. The summed E-state index contributed by atoms with van der Waals surface area (Å²) in [6.07, 6.45) is 5.13. The summed E-state index contributed by atoms with van der Waals surface area (Å²) in [6.45, 7) is 0. The lowest BCUT2D eigenvalue weighted by molar-refractivity contribution is -0.123. The van der Waals surface area contributed by atoms with Gasteiger partial charge in [-0.15, -0.1) is 0 Å². The number of amides is 2. The molecular weight excluding hydrogens is 342 g/mol. The molecule has 3 nitrogen and oxygen atoms in total. The number of halogens is 2. The van der Waals surface area contributed by atoms with Gasteiger partial charge in [0.15, 0.2) is 0 Å². The molecular formula is C15H11BrClNO2. The van der Waals surface area contributed by atoms with Gasteiger partial charge >= 0.3 is 0 Å². The van der Waals surface area contributed by atoms with Crippen LogP contribution in [0.25, 0.3) is 0 Å². The number of nitrogens with zero attached hydrogens (tertiary/aromatic N) is 1. The van der Waals surface area contributed by atoms with Crippen molar-refractivity contribution in [2.24, 2.45) is 23.7 Å². The SMILES string of the molecule is O=C1[C@H]2[C@H](C(=O)N1c1ccc(Br)c(Cl)c1)[C@H]1C=C[C@H]2C1. The van der Waals surface area contributed by atoms with Crippen LogP contribution in [0, 0.1) is 23.7 Å². The van der Waals surface area contributed by atoms with Crippen molar-refractivity contribution in [2.45, 2.75) is 6.42 Å². The second-order valence-corrected chi connectivity index (χ2v) is 6.87. The molecule has 2 fully saturated rings. The van der Waals surface area contributed by atoms with Crippen LogP contribution in [0.1, 0.15) is 6.42 Å². The van der Waals surface area contributed by atoms with Gasteiger partial charge in [0, 0.05) is 4.47 Å². The first-order valence-electron chi connectivity index (χ1n) is 6.59. The average Bonchev–Trinajstić information content (AvgIpc) is 3.08. The molecule has 4 atom stereocenters. The smallest absolute Gasteiger partial charge is 0.238 e. The van der Waals surface area contributed by atoms with Crippen molar-refractivity contribution in [3.05, 3.63) is 39.8 Å². The number of fused-ring (bicyclic) bond motifs is 5. The molecule has 5 heteroatoms. The summed E-state index contributed by atoms with van der Waals surface area (Å²) in [4.78, 5) is 26.5. The predicted octanol–water partition coefficient (Wildman–Crippen LogP) is 3.41. The molecule has 1 aliphatic heterocycles. The maximum atomic E-state index is 12.6. The number of benzene rings is 1. The number of allylic oxidation sites excluding steroid dienone is 2. The molecule has 0 radical (unpaired) electrons. The Balaban J connectivity index is 1.76. The molecule has 2 amide bonds. The third-order valence-corrected chi connectivity index (χ3v) is 5.86. The van der Waals surface area contributed by atoms with Crippen LogP contribution in [0.2, 0.25) is 5.02 Å². The van der Waals surface area contributed by atoms with Crippen molar-refractivity contribution in [3.8, 4) is 0 Å². The van der Waals surface area contributed by atoms with Gasteiger partial charge in [0.25, 0.3) is 0 Å². The molecule has 20 heavy (non-hydrogen) atoms. The third kappa shape index (κ3) is 1.52. The fourth-order valence-electron chi connectivity index (χ4n) is 3.78. The zero-order chi connectivity index (χ0) is 14.0. The lowest BCUT2D eigenvalue weighted by atomic mass is 9.85. The molecule has 0 spiro atoms. The zero-order valence-corrected chi connectivity index (χ0v) is 12.8. The van der Waals surface area contributed by atoms with E-state index in [1.807, 2.05) is 0 Å². The Morgan fingerprint density at radius 3 is 2.25 bits per heavy atom. The molecule has 102 valence electrons. The summed E-state index contributed by atoms with van der Waals surface area (Å²) < 4.78 is 0.754. The molecule has 2 aliphatic carbocycles. The summed E-state index contributed by atoms with van der Waals surface area (Å²) in [5.74, 6) is -0.0138. The maximum absolute atomic E-state index is 12.6. The van der Waals surface area contributed by atoms with Gasteiger partial charge in [-0.05, 0) is 52.4 Å². The summed E-state index contributed by atoms with van der Waals surface area (Å²) >= 11 is 9.39. The van der Waals surface area contributed by atoms with Crippen LogP contribution in [-0.2, 0) is 9.59 Å². The van der Waals surface area contributed by atoms with E-state index in [-0.39, 0.29) is 35.5 Å². The number of hydrogen-bond donors (Lipinski definition) is 0. The van der Waals surface area contributed by atoms with Crippen LogP contribution in [0.15, 0.2) is 34.8 Å². The quantitative estimate of drug-likeness (QED) is 0.574. The van der Waals surface area contributed by atoms with Gasteiger partial charge in [-0.3, -0.25) is 9.59 Å². The minimum Gasteiger partial charge on any atom is -0.274 e. The highest BCUT2D eigenvalue weighted by Gasteiger charge is 2.59. The maximum Gasteiger partial charge on any atom is 0.238 e. The topological polar surface area (TPSA) is 37.4 Å². The minimum atomic E-state index is -0.167. The highest BCUT2D eigenvalue weighted by atomic mass is 79.9. The van der Waals surface area contributed by atoms with E-state index in [9.17, 15) is 9.59 Å². The number of carbonyl (C=O) groups is 2. The molecule has 1 aromatic rings. The molecule has 0 aromatic heterocycles. The molecule has 0 unspecified atom stereocenters. The molecule has 0 N–H and O–H groups in total. The second-order valence-electron chi connectivity index (χ2n) is 5.61. The van der Waals surface area contributed by atoms with E-state index in [0.29, 0.717) is 10.7 Å². The Kier molecular flexibility index (Phi) is 2.63. The molecule has 1 heterocycles. The van der Waals surface area contributed by atoms with E-state index in [2.05, 4.69) is 28.1 Å². The summed E-state index contributed by atoms with van der Waals surface area (Å²) in [7, 11) is 0. The largest absolute Gasteiger partial charge is 0.274 e. The number of hydrogen-bond acceptors (Lipinski definition) is 2. The van der Waals surface area contributed by atoms with Crippen LogP contribution in [-0.4, -0.2) is 11.8 Å². The number of carbonyl (C=O) groups excluding carboxylic acids is 2. The number of imide groups is 1. The Bertz CT molecular complexity index is 642. The van der Waals surface area contributed by atoms with Gasteiger partial charge in [0.05, 0.1) is 22.5 Å². The molecule has 3 aliphatic rings. The fraction of sp³-hybridized carbons (Fsp3) is 0.333. The highest BCUT2D eigenvalue weighted by molar-refractivity contribution is 9.10. The van der Waals surface area contributed by atoms with E-state index < -0.39 is 0 Å². The van der Waals surface area contributed by atoms with Crippen molar-refractivity contribution in [2.75, 3.05) is 4.90 Å². The normalized spacial score (nSPS) is 34.2. The zero-order valence-electron chi connectivity index (χ0n) is 10.4. The molecule has 1 saturated carbocycles. The van der Waals surface area contributed by atoms with Crippen LogP contribution in [0.5, 0.6) is 0 Å². The van der Waals surface area contributed by atoms with Crippen molar-refractivity contribution in [1.29, 1.82) is 0 Å². The molecule has 4 rings (SSSR count). The summed E-state index contributed by atoms with van der Waals surface area (Å²) in [6, 6.07) is 5.18. The number of anilines is 1. The van der Waals surface area contributed by atoms with E-state index in [0.717, 1.165) is 10.9 Å². The Morgan fingerprint density at radius 2 is 1.70 bits per heavy atom. The van der Waals surface area contributed by atoms with Crippen molar-refractivity contribution < 1.29 is 9.59 Å². The number of rotatable bonds is 1. The first-order chi connectivity index (χ1) is 9.58. The first kappa shape index (κ1) is 12.6. The molecule has 1 aromatic carbocycles. The van der Waals surface area contributed by atoms with Gasteiger partial charge < -0.3 is 0 Å². The van der Waals surface area contributed by atoms with Gasteiger partial charge in [0.2, 0.25) is 11.8 Å². The average molecular weight is 353 g/mol. The van der Waals surface area contributed by atoms with Crippen molar-refractivity contribution >= 4 is 45.0 Å². The predicted molar refractivity (Wildman–Crippen MR) is 79.4 cm³/mol. The molecule has 1 saturated heterocycles. The van der Waals surface area contributed by atoms with Gasteiger partial charge in [0.1, 0.15) is 0 Å². The standard InChI is InChI=1S/C15H11BrClNO2/c16-10-4-3-9(6-11(10)17)18-14(19)12-7-1-2-8(5-7)13(12)15(18)20/h1-4,6-8,12-13H,5H2/t7-,8-,12+,13+/m0/s1. The lowest BCUT2D eigenvalue weighted by Gasteiger charge is -2.17. The van der Waals surface area contributed by atoms with Gasteiger partial charge in [-0.2, -0.15) is 0 Å². The van der Waals surface area contributed by atoms with E-state index in [1.165, 1.54) is 4.90 Å². The van der Waals surface area contributed by atoms with E-state index >= 15 is 0 Å². The summed E-state index contributed by atoms with van der Waals surface area (Å²) in [5, 5.41) is 0.501. The van der Waals surface area contributed by atoms with Crippen LogP contribution >= 0.6 is 27.5 Å². The van der Waals surface area contributed by atoms with E-state index in [1.54, 1.807) is 18.2 Å². The second kappa shape index (κ2) is 4.18. The lowest BCUT2D eigenvalue weighted by Crippen LogP contribution is -2.32. The van der Waals surface area contributed by atoms with Crippen LogP contribution in [0.4, 0.5) is 5.69 Å². The Hall–Kier alpha value is -1.13. The van der Waals surface area contributed by atoms with Crippen LogP contribution in [0.3, 0.4) is 0 Å². The monoisotopic (exact) mass is 351 g/mol. The fourth-order valence-corrected chi connectivity index (χ4v) is 4.20. The van der Waals surface area contributed by atoms with Gasteiger partial charge in [-0.1, -0.05) is 23.8 Å². The minimum absolute atomic E-state index is 0.0739. The first-order valence-corrected chi connectivity index (χ1v) is 7.76. The van der Waals surface area contributed by atoms with Gasteiger partial charge in [-0.25, -0.2) is 4.90 Å². The van der Waals surface area contributed by atoms with Crippen molar-refractivity contribution in [1.82, 2.24) is 0 Å². The molecule has 2 bridgehead atoms. The highest BCUT2D eigenvalue weighted by Crippen LogP contribution is 2.53. The van der Waals surface area contributed by atoms with Crippen molar-refractivity contribution in [3.63, 3.8) is 0 Å².